The van der Waals surface area contributed by atoms with Gasteiger partial charge in [-0.15, -0.1) is 0 Å². The average Bonchev–Trinajstić information content (AvgIpc) is 2.53. The SMILES string of the molecule is COc1ccc2c3c(ccc(N)c13)C(=O)c1ccccc1-2. The van der Waals surface area contributed by atoms with E-state index >= 15 is 0 Å². The first-order chi connectivity index (χ1) is 10.2. The van der Waals surface area contributed by atoms with Gasteiger partial charge in [-0.1, -0.05) is 30.3 Å². The standard InChI is InChI=1S/C18H13NO2/c1-21-15-9-7-11-10-4-2-3-5-12(10)18(20)13-6-8-14(19)17(15)16(11)13/h2-9H,19H2,1H3. The third kappa shape index (κ3) is 1.46. The second-order valence-electron chi connectivity index (χ2n) is 5.14. The molecule has 3 aromatic rings. The lowest BCUT2D eigenvalue weighted by atomic mass is 9.82. The predicted octanol–water partition coefficient (Wildman–Crippen LogP) is 3.64. The molecule has 3 nitrogen and oxygen atoms in total. The molecule has 0 fully saturated rings. The number of nitrogen functional groups attached to an aromatic ring is 1. The molecule has 102 valence electrons. The Hall–Kier alpha value is -2.81. The summed E-state index contributed by atoms with van der Waals surface area (Å²) in [6, 6.07) is 15.2. The van der Waals surface area contributed by atoms with Gasteiger partial charge in [0.2, 0.25) is 0 Å². The highest BCUT2D eigenvalue weighted by Crippen LogP contribution is 2.44. The second kappa shape index (κ2) is 4.09. The van der Waals surface area contributed by atoms with Gasteiger partial charge < -0.3 is 10.5 Å². The Morgan fingerprint density at radius 1 is 0.810 bits per heavy atom. The Morgan fingerprint density at radius 3 is 2.29 bits per heavy atom. The predicted molar refractivity (Wildman–Crippen MR) is 83.8 cm³/mol. The van der Waals surface area contributed by atoms with Gasteiger partial charge in [-0.25, -0.2) is 0 Å². The van der Waals surface area contributed by atoms with Crippen LogP contribution in [0.3, 0.4) is 0 Å². The van der Waals surface area contributed by atoms with Crippen LogP contribution in [-0.2, 0) is 0 Å². The van der Waals surface area contributed by atoms with Crippen molar-refractivity contribution in [2.45, 2.75) is 0 Å². The number of carbonyl (C=O) groups is 1. The van der Waals surface area contributed by atoms with E-state index in [1.165, 1.54) is 0 Å². The van der Waals surface area contributed by atoms with Crippen LogP contribution in [-0.4, -0.2) is 12.9 Å². The quantitative estimate of drug-likeness (QED) is 0.539. The molecule has 2 N–H and O–H groups in total. The van der Waals surface area contributed by atoms with Crippen LogP contribution in [0.4, 0.5) is 5.69 Å². The fraction of sp³-hybridized carbons (Fsp3) is 0.0556. The minimum atomic E-state index is 0.0383. The highest BCUT2D eigenvalue weighted by Gasteiger charge is 2.26. The molecular weight excluding hydrogens is 262 g/mol. The van der Waals surface area contributed by atoms with Crippen LogP contribution in [0.1, 0.15) is 15.9 Å². The van der Waals surface area contributed by atoms with Gasteiger partial charge in [0.15, 0.2) is 5.78 Å². The van der Waals surface area contributed by atoms with Crippen molar-refractivity contribution >= 4 is 22.2 Å². The molecule has 0 saturated heterocycles. The van der Waals surface area contributed by atoms with Crippen LogP contribution in [0.2, 0.25) is 0 Å². The number of benzene rings is 3. The van der Waals surface area contributed by atoms with Crippen LogP contribution >= 0.6 is 0 Å². The minimum absolute atomic E-state index is 0.0383. The van der Waals surface area contributed by atoms with Gasteiger partial charge in [0.05, 0.1) is 7.11 Å². The van der Waals surface area contributed by atoms with Gasteiger partial charge in [-0.2, -0.15) is 0 Å². The molecule has 4 rings (SSSR count). The van der Waals surface area contributed by atoms with Gasteiger partial charge in [0.1, 0.15) is 5.75 Å². The molecule has 0 atom stereocenters. The largest absolute Gasteiger partial charge is 0.496 e. The Balaban J connectivity index is 2.26. The first-order valence-corrected chi connectivity index (χ1v) is 6.75. The summed E-state index contributed by atoms with van der Waals surface area (Å²) in [7, 11) is 1.61. The molecule has 1 aliphatic carbocycles. The van der Waals surface area contributed by atoms with E-state index in [4.69, 9.17) is 10.5 Å². The van der Waals surface area contributed by atoms with Crippen LogP contribution in [0.15, 0.2) is 48.5 Å². The summed E-state index contributed by atoms with van der Waals surface area (Å²) < 4.78 is 5.42. The maximum atomic E-state index is 12.7. The van der Waals surface area contributed by atoms with Gasteiger partial charge in [-0.3, -0.25) is 4.79 Å². The van der Waals surface area contributed by atoms with Crippen molar-refractivity contribution in [1.29, 1.82) is 0 Å². The molecule has 0 saturated carbocycles. The lowest BCUT2D eigenvalue weighted by molar-refractivity contribution is 0.104. The Labute approximate surface area is 122 Å². The first-order valence-electron chi connectivity index (χ1n) is 6.75. The number of fused-ring (bicyclic) bond motifs is 2. The number of nitrogens with two attached hydrogens (primary N) is 1. The lowest BCUT2D eigenvalue weighted by Crippen LogP contribution is -2.10. The average molecular weight is 275 g/mol. The summed E-state index contributed by atoms with van der Waals surface area (Å²) >= 11 is 0. The number of rotatable bonds is 1. The van der Waals surface area contributed by atoms with E-state index in [-0.39, 0.29) is 5.78 Å². The maximum absolute atomic E-state index is 12.7. The maximum Gasteiger partial charge on any atom is 0.194 e. The van der Waals surface area contributed by atoms with E-state index in [2.05, 4.69) is 0 Å². The van der Waals surface area contributed by atoms with Gasteiger partial charge >= 0.3 is 0 Å². The highest BCUT2D eigenvalue weighted by atomic mass is 16.5. The summed E-state index contributed by atoms with van der Waals surface area (Å²) in [6.07, 6.45) is 0. The molecule has 0 aliphatic heterocycles. The number of hydrogen-bond donors (Lipinski definition) is 1. The summed E-state index contributed by atoms with van der Waals surface area (Å²) in [5.41, 5.74) is 10.2. The summed E-state index contributed by atoms with van der Waals surface area (Å²) in [5.74, 6) is 0.733. The Morgan fingerprint density at radius 2 is 1.52 bits per heavy atom. The molecule has 3 heteroatoms. The molecule has 0 heterocycles. The number of hydrogen-bond acceptors (Lipinski definition) is 3. The number of ketones is 1. The second-order valence-corrected chi connectivity index (χ2v) is 5.14. The van der Waals surface area contributed by atoms with E-state index in [1.54, 1.807) is 19.2 Å². The smallest absolute Gasteiger partial charge is 0.194 e. The van der Waals surface area contributed by atoms with Crippen molar-refractivity contribution in [3.63, 3.8) is 0 Å². The van der Waals surface area contributed by atoms with Crippen molar-refractivity contribution in [1.82, 2.24) is 0 Å². The van der Waals surface area contributed by atoms with Crippen LogP contribution < -0.4 is 10.5 Å². The Bertz CT molecular complexity index is 912. The Kier molecular flexibility index (Phi) is 2.33. The number of methoxy groups -OCH3 is 1. The third-order valence-corrected chi connectivity index (χ3v) is 4.08. The van der Waals surface area contributed by atoms with Crippen molar-refractivity contribution in [2.24, 2.45) is 0 Å². The zero-order valence-electron chi connectivity index (χ0n) is 11.5. The van der Waals surface area contributed by atoms with E-state index in [0.717, 1.165) is 27.5 Å². The lowest BCUT2D eigenvalue weighted by Gasteiger charge is -2.21. The van der Waals surface area contributed by atoms with E-state index in [1.807, 2.05) is 36.4 Å². The highest BCUT2D eigenvalue weighted by molar-refractivity contribution is 6.27. The molecule has 0 bridgehead atoms. The molecule has 1 aliphatic rings. The molecule has 0 aromatic heterocycles. The molecule has 3 aromatic carbocycles. The zero-order chi connectivity index (χ0) is 14.6. The number of carbonyl (C=O) groups excluding carboxylic acids is 1. The number of ether oxygens (including phenoxy) is 1. The molecule has 0 amide bonds. The van der Waals surface area contributed by atoms with Crippen LogP contribution in [0, 0.1) is 0 Å². The van der Waals surface area contributed by atoms with E-state index in [0.29, 0.717) is 17.0 Å². The van der Waals surface area contributed by atoms with Gasteiger partial charge in [0.25, 0.3) is 0 Å². The summed E-state index contributed by atoms with van der Waals surface area (Å²) in [4.78, 5) is 12.7. The van der Waals surface area contributed by atoms with E-state index in [9.17, 15) is 4.79 Å². The van der Waals surface area contributed by atoms with Crippen LogP contribution in [0.5, 0.6) is 5.75 Å². The van der Waals surface area contributed by atoms with E-state index < -0.39 is 0 Å². The zero-order valence-corrected chi connectivity index (χ0v) is 11.5. The van der Waals surface area contributed by atoms with Crippen molar-refractivity contribution in [3.8, 4) is 16.9 Å². The monoisotopic (exact) mass is 275 g/mol. The third-order valence-electron chi connectivity index (χ3n) is 4.08. The van der Waals surface area contributed by atoms with Crippen LogP contribution in [0.25, 0.3) is 21.9 Å². The van der Waals surface area contributed by atoms with Crippen molar-refractivity contribution in [3.05, 3.63) is 59.7 Å². The summed E-state index contributed by atoms with van der Waals surface area (Å²) in [6.45, 7) is 0. The molecule has 0 spiro atoms. The number of anilines is 1. The molecule has 21 heavy (non-hydrogen) atoms. The topological polar surface area (TPSA) is 52.3 Å². The van der Waals surface area contributed by atoms with Crippen molar-refractivity contribution in [2.75, 3.05) is 12.8 Å². The first kappa shape index (κ1) is 12.0. The fourth-order valence-corrected chi connectivity index (χ4v) is 3.13. The minimum Gasteiger partial charge on any atom is -0.496 e. The fourth-order valence-electron chi connectivity index (χ4n) is 3.13. The van der Waals surface area contributed by atoms with Gasteiger partial charge in [0, 0.05) is 27.6 Å². The van der Waals surface area contributed by atoms with Gasteiger partial charge in [-0.05, 0) is 29.3 Å². The molecule has 0 unspecified atom stereocenters. The summed E-state index contributed by atoms with van der Waals surface area (Å²) in [5, 5.41) is 1.70. The molecular formula is C18H13NO2. The molecule has 0 radical (unpaired) electrons. The van der Waals surface area contributed by atoms with Crippen molar-refractivity contribution < 1.29 is 9.53 Å². The normalized spacial score (nSPS) is 12.3.